The van der Waals surface area contributed by atoms with Crippen LogP contribution in [0, 0.1) is 11.7 Å². The van der Waals surface area contributed by atoms with Gasteiger partial charge in [0.05, 0.1) is 18.3 Å². The van der Waals surface area contributed by atoms with Gasteiger partial charge in [0, 0.05) is 24.8 Å². The summed E-state index contributed by atoms with van der Waals surface area (Å²) < 4.78 is 19.7. The summed E-state index contributed by atoms with van der Waals surface area (Å²) in [6.07, 6.45) is 2.21. The Hall–Kier alpha value is -3.14. The molecule has 2 aliphatic rings. The number of nitrogens with one attached hydrogen (secondary N) is 2. The number of amides is 2. The molecular weight excluding hydrogens is 487 g/mol. The molecule has 2 aliphatic heterocycles. The fourth-order valence-corrected chi connectivity index (χ4v) is 4.64. The first kappa shape index (κ1) is 25.9. The summed E-state index contributed by atoms with van der Waals surface area (Å²) in [5, 5.41) is 6.16. The van der Waals surface area contributed by atoms with Crippen molar-refractivity contribution in [3.05, 3.63) is 41.8 Å². The van der Waals surface area contributed by atoms with Crippen LogP contribution in [0.25, 0.3) is 0 Å². The fourth-order valence-electron chi connectivity index (χ4n) is 4.57. The van der Waals surface area contributed by atoms with Crippen LogP contribution in [-0.2, 0) is 9.53 Å². The molecular formula is C25H32ClFN6O3. The first-order valence-corrected chi connectivity index (χ1v) is 12.8. The van der Waals surface area contributed by atoms with E-state index in [1.54, 1.807) is 0 Å². The Balaban J connectivity index is 1.39. The Labute approximate surface area is 215 Å². The molecule has 0 unspecified atom stereocenters. The first-order chi connectivity index (χ1) is 17.3. The molecule has 0 radical (unpaired) electrons. The fraction of sp³-hybridized carbons (Fsp3) is 0.520. The van der Waals surface area contributed by atoms with Gasteiger partial charge in [-0.2, -0.15) is 4.98 Å². The molecule has 2 saturated heterocycles. The third kappa shape index (κ3) is 5.80. The van der Waals surface area contributed by atoms with E-state index in [1.165, 1.54) is 4.90 Å². The molecule has 1 aromatic heterocycles. The van der Waals surface area contributed by atoms with Crippen molar-refractivity contribution in [2.24, 2.45) is 5.92 Å². The maximum absolute atomic E-state index is 14.6. The lowest BCUT2D eigenvalue weighted by atomic mass is 10.0. The smallest absolute Gasteiger partial charge is 0.416 e. The maximum Gasteiger partial charge on any atom is 0.416 e. The minimum atomic E-state index is -0.673. The van der Waals surface area contributed by atoms with Gasteiger partial charge in [0.25, 0.3) is 0 Å². The normalized spacial score (nSPS) is 19.4. The average Bonchev–Trinajstić information content (AvgIpc) is 3.27. The molecule has 0 saturated carbocycles. The minimum absolute atomic E-state index is 0.0125. The Kier molecular flexibility index (Phi) is 8.13. The summed E-state index contributed by atoms with van der Waals surface area (Å²) in [5.74, 6) is -0.587. The molecule has 36 heavy (non-hydrogen) atoms. The van der Waals surface area contributed by atoms with Crippen LogP contribution in [0.4, 0.5) is 26.6 Å². The number of carbonyl (C=O) groups is 2. The molecule has 194 valence electrons. The number of alkyl halides is 1. The number of hydrogen-bond acceptors (Lipinski definition) is 7. The number of hydrogen-bond donors (Lipinski definition) is 2. The van der Waals surface area contributed by atoms with Gasteiger partial charge in [-0.25, -0.2) is 14.2 Å². The van der Waals surface area contributed by atoms with Gasteiger partial charge in [0.15, 0.2) is 11.6 Å². The number of rotatable bonds is 8. The number of piperidine rings is 1. The molecule has 2 amide bonds. The summed E-state index contributed by atoms with van der Waals surface area (Å²) in [6, 6.07) is 7.92. The van der Waals surface area contributed by atoms with Crippen molar-refractivity contribution in [1.29, 1.82) is 0 Å². The second-order valence-electron chi connectivity index (χ2n) is 9.54. The van der Waals surface area contributed by atoms with Gasteiger partial charge in [0.2, 0.25) is 11.9 Å². The number of halogens is 2. The lowest BCUT2D eigenvalue weighted by Gasteiger charge is -2.34. The number of cyclic esters (lactones) is 1. The van der Waals surface area contributed by atoms with Gasteiger partial charge < -0.3 is 20.3 Å². The Bertz CT molecular complexity index is 1080. The number of nitrogens with zero attached hydrogens (tertiary/aromatic N) is 4. The van der Waals surface area contributed by atoms with Crippen molar-refractivity contribution in [3.8, 4) is 0 Å². The van der Waals surface area contributed by atoms with Crippen LogP contribution in [0.15, 0.2) is 30.5 Å². The highest BCUT2D eigenvalue weighted by atomic mass is 35.5. The summed E-state index contributed by atoms with van der Waals surface area (Å²) >= 11 is 5.58. The molecule has 0 bridgehead atoms. The van der Waals surface area contributed by atoms with E-state index < -0.39 is 11.9 Å². The van der Waals surface area contributed by atoms with Crippen molar-refractivity contribution in [2.45, 2.75) is 51.7 Å². The SMILES string of the molecule is CC(C)[C@H]1COC(=O)N1c1nc(N[C@@H](C)c2ccc(N3CCC(NC(=O)CCl)CC3)cc2)ncc1F. The summed E-state index contributed by atoms with van der Waals surface area (Å²) in [6.45, 7) is 7.76. The predicted octanol–water partition coefficient (Wildman–Crippen LogP) is 4.09. The molecule has 0 spiro atoms. The first-order valence-electron chi connectivity index (χ1n) is 12.2. The van der Waals surface area contributed by atoms with Gasteiger partial charge in [-0.1, -0.05) is 26.0 Å². The standard InChI is InChI=1S/C25H32ClFN6O3/c1-15(2)21-14-36-25(35)33(21)23-20(27)13-28-24(31-23)29-16(3)17-4-6-19(7-5-17)32-10-8-18(9-11-32)30-22(34)12-26/h4-7,13,15-16,18,21H,8-12,14H2,1-3H3,(H,30,34)(H,28,29,31)/t16-,21+/m0/s1. The summed E-state index contributed by atoms with van der Waals surface area (Å²) in [4.78, 5) is 35.7. The molecule has 2 aromatic rings. The van der Waals surface area contributed by atoms with Crippen molar-refractivity contribution >= 4 is 41.1 Å². The summed E-state index contributed by atoms with van der Waals surface area (Å²) in [5.41, 5.74) is 2.12. The monoisotopic (exact) mass is 518 g/mol. The van der Waals surface area contributed by atoms with E-state index >= 15 is 0 Å². The van der Waals surface area contributed by atoms with Crippen LogP contribution < -0.4 is 20.4 Å². The van der Waals surface area contributed by atoms with E-state index in [9.17, 15) is 14.0 Å². The van der Waals surface area contributed by atoms with E-state index in [0.717, 1.165) is 43.4 Å². The second kappa shape index (κ2) is 11.3. The number of ether oxygens (including phenoxy) is 1. The Morgan fingerprint density at radius 2 is 1.92 bits per heavy atom. The minimum Gasteiger partial charge on any atom is -0.447 e. The number of aromatic nitrogens is 2. The van der Waals surface area contributed by atoms with Gasteiger partial charge in [-0.05, 0) is 43.4 Å². The predicted molar refractivity (Wildman–Crippen MR) is 137 cm³/mol. The van der Waals surface area contributed by atoms with E-state index in [2.05, 4.69) is 37.6 Å². The highest BCUT2D eigenvalue weighted by Crippen LogP contribution is 2.29. The van der Waals surface area contributed by atoms with Crippen molar-refractivity contribution < 1.29 is 18.7 Å². The van der Waals surface area contributed by atoms with E-state index in [1.807, 2.05) is 32.9 Å². The van der Waals surface area contributed by atoms with E-state index in [4.69, 9.17) is 16.3 Å². The number of anilines is 3. The molecule has 11 heteroatoms. The van der Waals surface area contributed by atoms with Gasteiger partial charge in [0.1, 0.15) is 12.5 Å². The van der Waals surface area contributed by atoms with Crippen LogP contribution in [-0.4, -0.2) is 59.6 Å². The maximum atomic E-state index is 14.6. The van der Waals surface area contributed by atoms with Gasteiger partial charge in [-0.15, -0.1) is 11.6 Å². The molecule has 4 rings (SSSR count). The molecule has 3 heterocycles. The van der Waals surface area contributed by atoms with Crippen LogP contribution in [0.5, 0.6) is 0 Å². The molecule has 0 aliphatic carbocycles. The lowest BCUT2D eigenvalue weighted by molar-refractivity contribution is -0.119. The van der Waals surface area contributed by atoms with Crippen LogP contribution in [0.2, 0.25) is 0 Å². The Morgan fingerprint density at radius 3 is 2.56 bits per heavy atom. The van der Waals surface area contributed by atoms with Gasteiger partial charge >= 0.3 is 6.09 Å². The average molecular weight is 519 g/mol. The molecule has 1 aromatic carbocycles. The second-order valence-corrected chi connectivity index (χ2v) is 9.81. The lowest BCUT2D eigenvalue weighted by Crippen LogP contribution is -2.45. The zero-order valence-electron chi connectivity index (χ0n) is 20.7. The van der Waals surface area contributed by atoms with Crippen LogP contribution >= 0.6 is 11.6 Å². The Morgan fingerprint density at radius 1 is 1.22 bits per heavy atom. The van der Waals surface area contributed by atoms with Crippen molar-refractivity contribution in [3.63, 3.8) is 0 Å². The van der Waals surface area contributed by atoms with E-state index in [-0.39, 0.29) is 54.2 Å². The zero-order valence-corrected chi connectivity index (χ0v) is 21.5. The zero-order chi connectivity index (χ0) is 25.8. The summed E-state index contributed by atoms with van der Waals surface area (Å²) in [7, 11) is 0. The van der Waals surface area contributed by atoms with Crippen molar-refractivity contribution in [2.75, 3.05) is 40.7 Å². The van der Waals surface area contributed by atoms with Gasteiger partial charge in [-0.3, -0.25) is 9.69 Å². The molecule has 2 fully saturated rings. The number of carbonyl (C=O) groups excluding carboxylic acids is 2. The highest BCUT2D eigenvalue weighted by Gasteiger charge is 2.39. The topological polar surface area (TPSA) is 99.7 Å². The molecule has 9 nitrogen and oxygen atoms in total. The molecule has 2 N–H and O–H groups in total. The highest BCUT2D eigenvalue weighted by molar-refractivity contribution is 6.27. The van der Waals surface area contributed by atoms with Crippen LogP contribution in [0.3, 0.4) is 0 Å². The number of benzene rings is 1. The third-order valence-corrected chi connectivity index (χ3v) is 6.96. The van der Waals surface area contributed by atoms with E-state index in [0.29, 0.717) is 0 Å². The van der Waals surface area contributed by atoms with Crippen molar-refractivity contribution in [1.82, 2.24) is 15.3 Å². The molecule has 2 atom stereocenters. The third-order valence-electron chi connectivity index (χ3n) is 6.71. The quantitative estimate of drug-likeness (QED) is 0.508. The van der Waals surface area contributed by atoms with Crippen LogP contribution in [0.1, 0.15) is 45.2 Å². The largest absolute Gasteiger partial charge is 0.447 e.